The van der Waals surface area contributed by atoms with E-state index < -0.39 is 11.9 Å². The van der Waals surface area contributed by atoms with E-state index in [4.69, 9.17) is 5.11 Å². The topological polar surface area (TPSA) is 77.8 Å². The number of anilines is 1. The molecule has 0 aliphatic carbocycles. The van der Waals surface area contributed by atoms with Crippen LogP contribution >= 0.6 is 0 Å². The van der Waals surface area contributed by atoms with Crippen LogP contribution in [-0.2, 0) is 9.59 Å². The first-order valence-electron chi connectivity index (χ1n) is 4.40. The standard InChI is InChI=1S/C10H11NO4/c12-9(6-7-10(13)14)11(15)8-4-2-1-3-5-8/h1-5,15H,6-7H2,(H,13,14). The Hall–Kier alpha value is -1.88. The van der Waals surface area contributed by atoms with Crippen LogP contribution in [0.4, 0.5) is 5.69 Å². The summed E-state index contributed by atoms with van der Waals surface area (Å²) in [5.41, 5.74) is 0.327. The van der Waals surface area contributed by atoms with Crippen molar-refractivity contribution in [2.24, 2.45) is 0 Å². The maximum atomic E-state index is 11.3. The lowest BCUT2D eigenvalue weighted by molar-refractivity contribution is -0.139. The van der Waals surface area contributed by atoms with Crippen molar-refractivity contribution >= 4 is 17.6 Å². The van der Waals surface area contributed by atoms with Gasteiger partial charge in [0.1, 0.15) is 0 Å². The fourth-order valence-corrected chi connectivity index (χ4v) is 1.03. The predicted molar refractivity (Wildman–Crippen MR) is 52.6 cm³/mol. The van der Waals surface area contributed by atoms with Gasteiger partial charge in [0.2, 0.25) is 0 Å². The Balaban J connectivity index is 2.57. The fourth-order valence-electron chi connectivity index (χ4n) is 1.03. The minimum absolute atomic E-state index is 0.222. The number of nitrogens with zero attached hydrogens (tertiary/aromatic N) is 1. The van der Waals surface area contributed by atoms with Crippen LogP contribution in [-0.4, -0.2) is 22.2 Å². The number of para-hydroxylation sites is 1. The summed E-state index contributed by atoms with van der Waals surface area (Å²) in [5, 5.41) is 18.2. The highest BCUT2D eigenvalue weighted by atomic mass is 16.5. The molecule has 0 spiro atoms. The highest BCUT2D eigenvalue weighted by Crippen LogP contribution is 2.12. The van der Waals surface area contributed by atoms with E-state index in [2.05, 4.69) is 0 Å². The Morgan fingerprint density at radius 1 is 1.13 bits per heavy atom. The third kappa shape index (κ3) is 3.40. The number of carbonyl (C=O) groups excluding carboxylic acids is 1. The quantitative estimate of drug-likeness (QED) is 0.578. The summed E-state index contributed by atoms with van der Waals surface area (Å²) < 4.78 is 0. The van der Waals surface area contributed by atoms with Crippen LogP contribution in [0.3, 0.4) is 0 Å². The Labute approximate surface area is 86.5 Å². The van der Waals surface area contributed by atoms with Crippen molar-refractivity contribution in [3.05, 3.63) is 30.3 Å². The van der Waals surface area contributed by atoms with Gasteiger partial charge in [-0.1, -0.05) is 18.2 Å². The predicted octanol–water partition coefficient (Wildman–Crippen LogP) is 1.27. The summed E-state index contributed by atoms with van der Waals surface area (Å²) in [4.78, 5) is 21.5. The molecule has 0 saturated heterocycles. The third-order valence-corrected chi connectivity index (χ3v) is 1.79. The lowest BCUT2D eigenvalue weighted by Crippen LogP contribution is -2.27. The maximum absolute atomic E-state index is 11.3. The molecule has 1 amide bonds. The number of amides is 1. The molecule has 0 atom stereocenters. The van der Waals surface area contributed by atoms with E-state index in [1.165, 1.54) is 0 Å². The van der Waals surface area contributed by atoms with Crippen LogP contribution in [0, 0.1) is 0 Å². The number of hydrogen-bond donors (Lipinski definition) is 2. The summed E-state index contributed by atoms with van der Waals surface area (Å²) in [7, 11) is 0. The zero-order valence-corrected chi connectivity index (χ0v) is 7.96. The number of carboxylic acids is 1. The van der Waals surface area contributed by atoms with Crippen LogP contribution in [0.1, 0.15) is 12.8 Å². The second-order valence-electron chi connectivity index (χ2n) is 2.93. The smallest absolute Gasteiger partial charge is 0.303 e. The minimum Gasteiger partial charge on any atom is -0.481 e. The van der Waals surface area contributed by atoms with Crippen molar-refractivity contribution in [1.29, 1.82) is 0 Å². The average molecular weight is 209 g/mol. The molecule has 5 nitrogen and oxygen atoms in total. The Kier molecular flexibility index (Phi) is 3.82. The molecule has 1 aromatic carbocycles. The van der Waals surface area contributed by atoms with Gasteiger partial charge in [-0.3, -0.25) is 14.8 Å². The van der Waals surface area contributed by atoms with Crippen LogP contribution in [0.5, 0.6) is 0 Å². The van der Waals surface area contributed by atoms with Crippen LogP contribution in [0.2, 0.25) is 0 Å². The van der Waals surface area contributed by atoms with Gasteiger partial charge in [-0.15, -0.1) is 0 Å². The van der Waals surface area contributed by atoms with Gasteiger partial charge < -0.3 is 5.11 Å². The molecule has 0 aromatic heterocycles. The molecular formula is C10H11NO4. The van der Waals surface area contributed by atoms with Crippen LogP contribution < -0.4 is 5.06 Å². The molecule has 0 heterocycles. The lowest BCUT2D eigenvalue weighted by atomic mass is 10.2. The third-order valence-electron chi connectivity index (χ3n) is 1.79. The molecule has 1 rings (SSSR count). The van der Waals surface area contributed by atoms with E-state index in [0.29, 0.717) is 10.8 Å². The number of aliphatic carboxylic acids is 1. The number of benzene rings is 1. The van der Waals surface area contributed by atoms with E-state index in [1.54, 1.807) is 30.3 Å². The van der Waals surface area contributed by atoms with Crippen LogP contribution in [0.25, 0.3) is 0 Å². The monoisotopic (exact) mass is 209 g/mol. The molecule has 0 unspecified atom stereocenters. The molecule has 0 aliphatic rings. The Bertz CT molecular complexity index is 350. The van der Waals surface area contributed by atoms with Gasteiger partial charge in [-0.05, 0) is 12.1 Å². The van der Waals surface area contributed by atoms with Crippen molar-refractivity contribution in [3.8, 4) is 0 Å². The minimum atomic E-state index is -1.06. The first-order valence-corrected chi connectivity index (χ1v) is 4.40. The van der Waals surface area contributed by atoms with Gasteiger partial charge in [0.05, 0.1) is 12.1 Å². The van der Waals surface area contributed by atoms with Gasteiger partial charge in [0.15, 0.2) is 0 Å². The summed E-state index contributed by atoms with van der Waals surface area (Å²) >= 11 is 0. The summed E-state index contributed by atoms with van der Waals surface area (Å²) in [6, 6.07) is 8.20. The first-order chi connectivity index (χ1) is 7.11. The molecular weight excluding hydrogens is 198 g/mol. The van der Waals surface area contributed by atoms with E-state index in [0.717, 1.165) is 0 Å². The van der Waals surface area contributed by atoms with Gasteiger partial charge in [0.25, 0.3) is 5.91 Å². The number of rotatable bonds is 4. The maximum Gasteiger partial charge on any atom is 0.303 e. The molecule has 0 bridgehead atoms. The molecule has 0 saturated carbocycles. The van der Waals surface area contributed by atoms with Gasteiger partial charge in [-0.2, -0.15) is 5.06 Å². The highest BCUT2D eigenvalue weighted by Gasteiger charge is 2.13. The lowest BCUT2D eigenvalue weighted by Gasteiger charge is -2.13. The Morgan fingerprint density at radius 3 is 2.27 bits per heavy atom. The highest BCUT2D eigenvalue weighted by molar-refractivity contribution is 5.92. The molecule has 15 heavy (non-hydrogen) atoms. The normalized spacial score (nSPS) is 9.67. The summed E-state index contributed by atoms with van der Waals surface area (Å²) in [6.07, 6.45) is -0.510. The second kappa shape index (κ2) is 5.11. The zero-order chi connectivity index (χ0) is 11.3. The van der Waals surface area contributed by atoms with Gasteiger partial charge in [-0.25, -0.2) is 0 Å². The van der Waals surface area contributed by atoms with Crippen molar-refractivity contribution in [1.82, 2.24) is 0 Å². The first kappa shape index (κ1) is 11.2. The molecule has 2 N–H and O–H groups in total. The molecule has 80 valence electrons. The number of carbonyl (C=O) groups is 2. The SMILES string of the molecule is O=C(O)CCC(=O)N(O)c1ccccc1. The largest absolute Gasteiger partial charge is 0.481 e. The van der Waals surface area contributed by atoms with Crippen molar-refractivity contribution in [2.45, 2.75) is 12.8 Å². The van der Waals surface area contributed by atoms with Crippen molar-refractivity contribution < 1.29 is 19.9 Å². The molecule has 1 aromatic rings. The number of hydrogen-bond acceptors (Lipinski definition) is 3. The Morgan fingerprint density at radius 2 is 1.73 bits per heavy atom. The molecule has 5 heteroatoms. The van der Waals surface area contributed by atoms with Crippen LogP contribution in [0.15, 0.2) is 30.3 Å². The fraction of sp³-hybridized carbons (Fsp3) is 0.200. The summed E-state index contributed by atoms with van der Waals surface area (Å²) in [6.45, 7) is 0. The van der Waals surface area contributed by atoms with Gasteiger partial charge >= 0.3 is 5.97 Å². The molecule has 0 fully saturated rings. The van der Waals surface area contributed by atoms with E-state index >= 15 is 0 Å². The second-order valence-corrected chi connectivity index (χ2v) is 2.93. The molecule has 0 radical (unpaired) electrons. The van der Waals surface area contributed by atoms with Gasteiger partial charge in [0, 0.05) is 6.42 Å². The summed E-state index contributed by atoms with van der Waals surface area (Å²) in [5.74, 6) is -1.70. The van der Waals surface area contributed by atoms with Crippen molar-refractivity contribution in [2.75, 3.05) is 5.06 Å². The zero-order valence-electron chi connectivity index (χ0n) is 7.96. The van der Waals surface area contributed by atoms with Crippen molar-refractivity contribution in [3.63, 3.8) is 0 Å². The van der Waals surface area contributed by atoms with E-state index in [1.807, 2.05) is 0 Å². The van der Waals surface area contributed by atoms with E-state index in [9.17, 15) is 14.8 Å². The van der Waals surface area contributed by atoms with E-state index in [-0.39, 0.29) is 12.8 Å². The molecule has 0 aliphatic heterocycles. The number of hydroxylamine groups is 1. The average Bonchev–Trinajstić information content (AvgIpc) is 2.26. The number of carboxylic acid groups (broad SMARTS) is 1.